The summed E-state index contributed by atoms with van der Waals surface area (Å²) in [6, 6.07) is 6.29. The van der Waals surface area contributed by atoms with Crippen molar-refractivity contribution in [3.05, 3.63) is 40.4 Å². The van der Waals surface area contributed by atoms with Crippen molar-refractivity contribution in [1.29, 1.82) is 0 Å². The Labute approximate surface area is 159 Å². The van der Waals surface area contributed by atoms with Gasteiger partial charge in [-0.15, -0.1) is 11.3 Å². The Balaban J connectivity index is 1.55. The van der Waals surface area contributed by atoms with Crippen LogP contribution in [-0.4, -0.2) is 54.2 Å². The van der Waals surface area contributed by atoms with E-state index in [0.717, 1.165) is 30.2 Å². The molecule has 1 aliphatic rings. The van der Waals surface area contributed by atoms with Crippen LogP contribution in [0, 0.1) is 13.8 Å². The highest BCUT2D eigenvalue weighted by atomic mass is 32.1. The molecular formula is C20H27N3O2S. The average molecular weight is 374 g/mol. The van der Waals surface area contributed by atoms with Crippen LogP contribution in [0.25, 0.3) is 10.6 Å². The van der Waals surface area contributed by atoms with E-state index in [1.807, 2.05) is 5.38 Å². The minimum absolute atomic E-state index is 0.105. The predicted molar refractivity (Wildman–Crippen MR) is 106 cm³/mol. The largest absolute Gasteiger partial charge is 0.373 e. The minimum atomic E-state index is -0.105. The van der Waals surface area contributed by atoms with E-state index in [4.69, 9.17) is 4.74 Å². The van der Waals surface area contributed by atoms with E-state index in [9.17, 15) is 4.79 Å². The van der Waals surface area contributed by atoms with E-state index in [-0.39, 0.29) is 18.1 Å². The molecule has 2 heterocycles. The molecule has 1 fully saturated rings. The molecule has 2 atom stereocenters. The van der Waals surface area contributed by atoms with Gasteiger partial charge in [-0.2, -0.15) is 0 Å². The van der Waals surface area contributed by atoms with Gasteiger partial charge in [0, 0.05) is 37.1 Å². The summed E-state index contributed by atoms with van der Waals surface area (Å²) >= 11 is 1.51. The zero-order valence-corrected chi connectivity index (χ0v) is 16.7. The fourth-order valence-electron chi connectivity index (χ4n) is 3.44. The first kappa shape index (κ1) is 19.0. The smallest absolute Gasteiger partial charge is 0.270 e. The number of carbonyl (C=O) groups excluding carboxylic acids is 1. The number of ether oxygens (including phenoxy) is 1. The van der Waals surface area contributed by atoms with Gasteiger partial charge in [0.25, 0.3) is 5.91 Å². The summed E-state index contributed by atoms with van der Waals surface area (Å²) in [5, 5.41) is 5.72. The first-order valence-corrected chi connectivity index (χ1v) is 9.99. The van der Waals surface area contributed by atoms with E-state index in [2.05, 4.69) is 61.1 Å². The van der Waals surface area contributed by atoms with Crippen LogP contribution in [0.2, 0.25) is 0 Å². The summed E-state index contributed by atoms with van der Waals surface area (Å²) < 4.78 is 5.74. The predicted octanol–water partition coefficient (Wildman–Crippen LogP) is 3.27. The number of benzene rings is 1. The molecule has 0 aliphatic carbocycles. The second-order valence-corrected chi connectivity index (χ2v) is 7.99. The highest BCUT2D eigenvalue weighted by Gasteiger charge is 2.22. The summed E-state index contributed by atoms with van der Waals surface area (Å²) in [5.41, 5.74) is 4.00. The van der Waals surface area contributed by atoms with Crippen LogP contribution in [0.5, 0.6) is 0 Å². The zero-order chi connectivity index (χ0) is 18.7. The molecule has 1 N–H and O–H groups in total. The van der Waals surface area contributed by atoms with Gasteiger partial charge >= 0.3 is 0 Å². The number of carbonyl (C=O) groups is 1. The monoisotopic (exact) mass is 373 g/mol. The van der Waals surface area contributed by atoms with Crippen LogP contribution in [0.3, 0.4) is 0 Å². The third kappa shape index (κ3) is 4.69. The molecule has 3 rings (SSSR count). The molecule has 0 radical (unpaired) electrons. The van der Waals surface area contributed by atoms with Gasteiger partial charge in [-0.25, -0.2) is 4.98 Å². The van der Waals surface area contributed by atoms with Crippen LogP contribution >= 0.6 is 11.3 Å². The maximum atomic E-state index is 12.4. The normalized spacial score (nSPS) is 20.9. The van der Waals surface area contributed by atoms with Crippen molar-refractivity contribution in [3.63, 3.8) is 0 Å². The Morgan fingerprint density at radius 2 is 2.04 bits per heavy atom. The standard InChI is InChI=1S/C20H27N3O2S/c1-13-5-6-17(14(2)9-13)20-22-18(12-26-20)19(24)21-7-8-23-10-15(3)25-16(4)11-23/h5-6,9,12,15-16H,7-8,10-11H2,1-4H3,(H,21,24). The van der Waals surface area contributed by atoms with E-state index in [1.165, 1.54) is 22.5 Å². The first-order valence-electron chi connectivity index (χ1n) is 9.11. The molecule has 26 heavy (non-hydrogen) atoms. The fourth-order valence-corrected chi connectivity index (χ4v) is 4.33. The fraction of sp³-hybridized carbons (Fsp3) is 0.500. The molecule has 5 nitrogen and oxygen atoms in total. The van der Waals surface area contributed by atoms with E-state index in [1.54, 1.807) is 0 Å². The maximum absolute atomic E-state index is 12.4. The van der Waals surface area contributed by atoms with E-state index in [0.29, 0.717) is 12.2 Å². The molecule has 1 aliphatic heterocycles. The highest BCUT2D eigenvalue weighted by molar-refractivity contribution is 7.13. The lowest BCUT2D eigenvalue weighted by atomic mass is 10.1. The number of hydrogen-bond acceptors (Lipinski definition) is 5. The third-order valence-corrected chi connectivity index (χ3v) is 5.43. The molecule has 1 aromatic carbocycles. The van der Waals surface area contributed by atoms with Gasteiger partial charge in [0.2, 0.25) is 0 Å². The molecule has 1 aromatic heterocycles. The number of aryl methyl sites for hydroxylation is 2. The van der Waals surface area contributed by atoms with Crippen molar-refractivity contribution in [3.8, 4) is 10.6 Å². The van der Waals surface area contributed by atoms with Crippen molar-refractivity contribution in [2.24, 2.45) is 0 Å². The van der Waals surface area contributed by atoms with Crippen LogP contribution in [0.4, 0.5) is 0 Å². The van der Waals surface area contributed by atoms with Crippen molar-refractivity contribution in [2.45, 2.75) is 39.9 Å². The number of nitrogens with one attached hydrogen (secondary N) is 1. The lowest BCUT2D eigenvalue weighted by Crippen LogP contribution is -2.47. The van der Waals surface area contributed by atoms with Gasteiger partial charge in [-0.1, -0.05) is 23.8 Å². The second-order valence-electron chi connectivity index (χ2n) is 7.13. The molecule has 6 heteroatoms. The Hall–Kier alpha value is -1.76. The molecule has 0 saturated carbocycles. The van der Waals surface area contributed by atoms with Crippen molar-refractivity contribution in [1.82, 2.24) is 15.2 Å². The Morgan fingerprint density at radius 3 is 2.73 bits per heavy atom. The van der Waals surface area contributed by atoms with Gasteiger partial charge in [0.15, 0.2) is 0 Å². The van der Waals surface area contributed by atoms with Gasteiger partial charge in [0.1, 0.15) is 10.7 Å². The minimum Gasteiger partial charge on any atom is -0.373 e. The maximum Gasteiger partial charge on any atom is 0.270 e. The topological polar surface area (TPSA) is 54.5 Å². The summed E-state index contributed by atoms with van der Waals surface area (Å²) in [5.74, 6) is -0.105. The first-order chi connectivity index (χ1) is 12.4. The van der Waals surface area contributed by atoms with Crippen LogP contribution in [-0.2, 0) is 4.74 Å². The Morgan fingerprint density at radius 1 is 1.31 bits per heavy atom. The Kier molecular flexibility index (Phi) is 6.06. The van der Waals surface area contributed by atoms with Crippen molar-refractivity contribution in [2.75, 3.05) is 26.2 Å². The van der Waals surface area contributed by atoms with Crippen LogP contribution in [0.15, 0.2) is 23.6 Å². The number of amides is 1. The molecule has 1 amide bonds. The van der Waals surface area contributed by atoms with Crippen molar-refractivity contribution < 1.29 is 9.53 Å². The number of nitrogens with zero attached hydrogens (tertiary/aromatic N) is 2. The average Bonchev–Trinajstić information content (AvgIpc) is 3.03. The molecular weight excluding hydrogens is 346 g/mol. The molecule has 2 unspecified atom stereocenters. The summed E-state index contributed by atoms with van der Waals surface area (Å²) in [7, 11) is 0. The number of aromatic nitrogens is 1. The summed E-state index contributed by atoms with van der Waals surface area (Å²) in [6.07, 6.45) is 0.488. The molecule has 2 aromatic rings. The number of rotatable bonds is 5. The van der Waals surface area contributed by atoms with Crippen LogP contribution in [0.1, 0.15) is 35.5 Å². The van der Waals surface area contributed by atoms with Gasteiger partial charge in [0.05, 0.1) is 12.2 Å². The number of hydrogen-bond donors (Lipinski definition) is 1. The van der Waals surface area contributed by atoms with Gasteiger partial charge in [-0.05, 0) is 33.3 Å². The van der Waals surface area contributed by atoms with Crippen LogP contribution < -0.4 is 5.32 Å². The van der Waals surface area contributed by atoms with E-state index >= 15 is 0 Å². The highest BCUT2D eigenvalue weighted by Crippen LogP contribution is 2.27. The molecule has 0 spiro atoms. The van der Waals surface area contributed by atoms with Gasteiger partial charge < -0.3 is 10.1 Å². The Bertz CT molecular complexity index is 764. The number of thiazole rings is 1. The zero-order valence-electron chi connectivity index (χ0n) is 15.9. The second kappa shape index (κ2) is 8.29. The summed E-state index contributed by atoms with van der Waals surface area (Å²) in [6.45, 7) is 11.6. The molecule has 0 bridgehead atoms. The lowest BCUT2D eigenvalue weighted by molar-refractivity contribution is -0.0672. The van der Waals surface area contributed by atoms with Crippen molar-refractivity contribution >= 4 is 17.2 Å². The van der Waals surface area contributed by atoms with Gasteiger partial charge in [-0.3, -0.25) is 9.69 Å². The quantitative estimate of drug-likeness (QED) is 0.874. The lowest BCUT2D eigenvalue weighted by Gasteiger charge is -2.35. The molecule has 1 saturated heterocycles. The molecule has 140 valence electrons. The SMILES string of the molecule is Cc1ccc(-c2nc(C(=O)NCCN3CC(C)OC(C)C3)cs2)c(C)c1. The third-order valence-electron chi connectivity index (χ3n) is 4.56. The number of morpholine rings is 1. The van der Waals surface area contributed by atoms with E-state index < -0.39 is 0 Å². The summed E-state index contributed by atoms with van der Waals surface area (Å²) in [4.78, 5) is 19.3.